The largest absolute Gasteiger partial charge is 0.507 e. The van der Waals surface area contributed by atoms with E-state index in [4.69, 9.17) is 0 Å². The summed E-state index contributed by atoms with van der Waals surface area (Å²) in [6.07, 6.45) is 9.21. The van der Waals surface area contributed by atoms with Gasteiger partial charge in [0, 0.05) is 22.9 Å². The van der Waals surface area contributed by atoms with Gasteiger partial charge >= 0.3 is 0 Å². The van der Waals surface area contributed by atoms with Gasteiger partial charge in [-0.3, -0.25) is 0 Å². The number of hydrogen-bond acceptors (Lipinski definition) is 4. The minimum atomic E-state index is -0.211. The zero-order chi connectivity index (χ0) is 20.9. The van der Waals surface area contributed by atoms with E-state index in [0.717, 1.165) is 33.5 Å². The fourth-order valence-corrected chi connectivity index (χ4v) is 5.96. The fourth-order valence-electron chi connectivity index (χ4n) is 4.11. The molecule has 0 bridgehead atoms. The molecule has 3 rings (SSSR count). The van der Waals surface area contributed by atoms with Crippen LogP contribution in [0.25, 0.3) is 0 Å². The van der Waals surface area contributed by atoms with Crippen molar-refractivity contribution in [2.75, 3.05) is 23.5 Å². The Labute approximate surface area is 183 Å². The Morgan fingerprint density at radius 2 is 1.76 bits per heavy atom. The summed E-state index contributed by atoms with van der Waals surface area (Å²) in [5.74, 6) is 1.18. The van der Waals surface area contributed by atoms with Crippen molar-refractivity contribution in [3.63, 3.8) is 0 Å². The molecule has 29 heavy (non-hydrogen) atoms. The van der Waals surface area contributed by atoms with Crippen molar-refractivity contribution < 1.29 is 9.50 Å². The predicted octanol–water partition coefficient (Wildman–Crippen LogP) is 7.86. The maximum absolute atomic E-state index is 13.6. The van der Waals surface area contributed by atoms with Crippen LogP contribution in [0.4, 0.5) is 15.8 Å². The number of aromatic hydroxyl groups is 1. The van der Waals surface area contributed by atoms with E-state index in [9.17, 15) is 9.50 Å². The number of phenolic OH excluding ortho intramolecular Hbond substituents is 1. The second-order valence-corrected chi connectivity index (χ2v) is 9.92. The van der Waals surface area contributed by atoms with Crippen molar-refractivity contribution in [2.45, 2.75) is 62.2 Å². The molecule has 0 radical (unpaired) electrons. The summed E-state index contributed by atoms with van der Waals surface area (Å²) in [5.41, 5.74) is 2.35. The van der Waals surface area contributed by atoms with Crippen LogP contribution in [0.1, 0.15) is 52.4 Å². The molecule has 0 saturated heterocycles. The Balaban J connectivity index is 2.09. The highest BCUT2D eigenvalue weighted by atomic mass is 32.2. The lowest BCUT2D eigenvalue weighted by molar-refractivity contribution is 0.274. The van der Waals surface area contributed by atoms with E-state index in [1.807, 2.05) is 36.2 Å². The summed E-state index contributed by atoms with van der Waals surface area (Å²) in [7, 11) is 0. The van der Waals surface area contributed by atoms with Gasteiger partial charge in [-0.2, -0.15) is 0 Å². The Morgan fingerprint density at radius 1 is 1.10 bits per heavy atom. The molecule has 0 amide bonds. The van der Waals surface area contributed by atoms with Gasteiger partial charge in [-0.1, -0.05) is 39.5 Å². The third-order valence-electron chi connectivity index (χ3n) is 5.84. The Kier molecular flexibility index (Phi) is 7.80. The number of phenols is 1. The molecule has 0 fully saturated rings. The van der Waals surface area contributed by atoms with Gasteiger partial charge in [-0.25, -0.2) is 4.39 Å². The second-order valence-electron chi connectivity index (χ2n) is 8.05. The van der Waals surface area contributed by atoms with E-state index in [1.165, 1.54) is 38.5 Å². The number of rotatable bonds is 8. The second kappa shape index (κ2) is 10.1. The molecule has 1 aliphatic heterocycles. The molecule has 0 aromatic heterocycles. The van der Waals surface area contributed by atoms with E-state index >= 15 is 0 Å². The fraction of sp³-hybridized carbons (Fsp3) is 0.500. The number of unbranched alkanes of at least 4 members (excludes halogenated alkanes) is 2. The van der Waals surface area contributed by atoms with Crippen LogP contribution in [0, 0.1) is 11.2 Å². The minimum absolute atomic E-state index is 0.208. The van der Waals surface area contributed by atoms with Crippen molar-refractivity contribution >= 4 is 34.9 Å². The highest BCUT2D eigenvalue weighted by Gasteiger charge is 2.36. The Morgan fingerprint density at radius 3 is 2.34 bits per heavy atom. The zero-order valence-corrected chi connectivity index (χ0v) is 19.3. The van der Waals surface area contributed by atoms with Crippen LogP contribution in [-0.4, -0.2) is 23.7 Å². The molecule has 1 aliphatic rings. The molecule has 0 aliphatic carbocycles. The van der Waals surface area contributed by atoms with E-state index in [-0.39, 0.29) is 11.2 Å². The molecule has 2 nitrogen and oxygen atoms in total. The summed E-state index contributed by atoms with van der Waals surface area (Å²) >= 11 is 3.42. The van der Waals surface area contributed by atoms with Crippen molar-refractivity contribution in [3.05, 3.63) is 42.2 Å². The van der Waals surface area contributed by atoms with Gasteiger partial charge in [-0.05, 0) is 60.9 Å². The van der Waals surface area contributed by atoms with Crippen LogP contribution in [0.3, 0.4) is 0 Å². The maximum atomic E-state index is 13.6. The van der Waals surface area contributed by atoms with Gasteiger partial charge in [0.1, 0.15) is 11.6 Å². The minimum Gasteiger partial charge on any atom is -0.507 e. The molecule has 1 heterocycles. The molecule has 0 spiro atoms. The van der Waals surface area contributed by atoms with E-state index in [0.29, 0.717) is 5.75 Å². The SMILES string of the molecule is CCCCC1(CCCC)CSc2cc(O)c(SC)cc2N(c2ccc(F)cc2)C1. The average Bonchev–Trinajstić information content (AvgIpc) is 2.88. The summed E-state index contributed by atoms with van der Waals surface area (Å²) in [5, 5.41) is 10.5. The first-order valence-corrected chi connectivity index (χ1v) is 12.8. The highest BCUT2D eigenvalue weighted by Crippen LogP contribution is 2.49. The lowest BCUT2D eigenvalue weighted by Gasteiger charge is -2.37. The van der Waals surface area contributed by atoms with Crippen molar-refractivity contribution in [2.24, 2.45) is 5.41 Å². The zero-order valence-electron chi connectivity index (χ0n) is 17.7. The van der Waals surface area contributed by atoms with Gasteiger partial charge in [-0.15, -0.1) is 23.5 Å². The van der Waals surface area contributed by atoms with E-state index in [1.54, 1.807) is 23.9 Å². The molecule has 0 saturated carbocycles. The number of hydrogen-bond donors (Lipinski definition) is 1. The van der Waals surface area contributed by atoms with Gasteiger partial charge < -0.3 is 10.0 Å². The molecule has 2 aromatic carbocycles. The first-order chi connectivity index (χ1) is 14.0. The third kappa shape index (κ3) is 5.24. The monoisotopic (exact) mass is 433 g/mol. The van der Waals surface area contributed by atoms with Crippen molar-refractivity contribution in [1.29, 1.82) is 0 Å². The van der Waals surface area contributed by atoms with Crippen LogP contribution in [0.2, 0.25) is 0 Å². The first kappa shape index (κ1) is 22.4. The van der Waals surface area contributed by atoms with Crippen LogP contribution in [0.15, 0.2) is 46.2 Å². The number of thioether (sulfide) groups is 2. The third-order valence-corrected chi connectivity index (χ3v) is 8.00. The highest BCUT2D eigenvalue weighted by molar-refractivity contribution is 7.99. The summed E-state index contributed by atoms with van der Waals surface area (Å²) in [6.45, 7) is 5.44. The van der Waals surface area contributed by atoms with Gasteiger partial charge in [0.2, 0.25) is 0 Å². The summed E-state index contributed by atoms with van der Waals surface area (Å²) in [4.78, 5) is 4.35. The number of nitrogens with zero attached hydrogens (tertiary/aromatic N) is 1. The molecular formula is C24H32FNOS2. The normalized spacial score (nSPS) is 15.8. The van der Waals surface area contributed by atoms with Crippen molar-refractivity contribution in [1.82, 2.24) is 0 Å². The van der Waals surface area contributed by atoms with Gasteiger partial charge in [0.25, 0.3) is 0 Å². The number of halogens is 1. The topological polar surface area (TPSA) is 23.5 Å². The molecule has 158 valence electrons. The molecular weight excluding hydrogens is 401 g/mol. The first-order valence-electron chi connectivity index (χ1n) is 10.6. The molecule has 5 heteroatoms. The van der Waals surface area contributed by atoms with E-state index < -0.39 is 0 Å². The number of benzene rings is 2. The smallest absolute Gasteiger partial charge is 0.130 e. The van der Waals surface area contributed by atoms with Gasteiger partial charge in [0.05, 0.1) is 10.6 Å². The van der Waals surface area contributed by atoms with Crippen molar-refractivity contribution in [3.8, 4) is 5.75 Å². The van der Waals surface area contributed by atoms with Crippen LogP contribution < -0.4 is 4.90 Å². The van der Waals surface area contributed by atoms with Gasteiger partial charge in [0.15, 0.2) is 0 Å². The standard InChI is InChI=1S/C24H32FNOS2/c1-4-6-12-24(13-7-5-2)16-26(19-10-8-18(25)9-11-19)20-14-23(28-3)21(27)15-22(20)29-17-24/h8-11,14-15,27H,4-7,12-13,16-17H2,1-3H3. The van der Waals surface area contributed by atoms with Crippen LogP contribution in [0.5, 0.6) is 5.75 Å². The predicted molar refractivity (Wildman–Crippen MR) is 126 cm³/mol. The molecule has 2 aromatic rings. The lowest BCUT2D eigenvalue weighted by atomic mass is 9.79. The van der Waals surface area contributed by atoms with Crippen LogP contribution in [-0.2, 0) is 0 Å². The molecule has 1 N–H and O–H groups in total. The summed E-state index contributed by atoms with van der Waals surface area (Å²) < 4.78 is 13.6. The molecule has 0 atom stereocenters. The molecule has 0 unspecified atom stereocenters. The Hall–Kier alpha value is -1.33. The Bertz CT molecular complexity index is 801. The lowest BCUT2D eigenvalue weighted by Crippen LogP contribution is -2.36. The average molecular weight is 434 g/mol. The van der Waals surface area contributed by atoms with E-state index in [2.05, 4.69) is 24.8 Å². The number of fused-ring (bicyclic) bond motifs is 1. The number of anilines is 2. The summed E-state index contributed by atoms with van der Waals surface area (Å²) in [6, 6.07) is 10.9. The van der Waals surface area contributed by atoms with Crippen LogP contribution >= 0.6 is 23.5 Å². The quantitative estimate of drug-likeness (QED) is 0.428. The maximum Gasteiger partial charge on any atom is 0.130 e.